The van der Waals surface area contributed by atoms with E-state index in [0.717, 1.165) is 30.3 Å². The predicted molar refractivity (Wildman–Crippen MR) is 94.1 cm³/mol. The van der Waals surface area contributed by atoms with Gasteiger partial charge in [-0.05, 0) is 43.9 Å². The first-order chi connectivity index (χ1) is 12.1. The Morgan fingerprint density at radius 3 is 2.92 bits per heavy atom. The van der Waals surface area contributed by atoms with Crippen LogP contribution in [0.2, 0.25) is 0 Å². The fourth-order valence-electron chi connectivity index (χ4n) is 3.24. The van der Waals surface area contributed by atoms with Gasteiger partial charge < -0.3 is 0 Å². The zero-order valence-electron chi connectivity index (χ0n) is 13.5. The number of benzene rings is 1. The van der Waals surface area contributed by atoms with Crippen LogP contribution >= 0.6 is 11.3 Å². The number of aryl methyl sites for hydroxylation is 2. The van der Waals surface area contributed by atoms with Gasteiger partial charge in [0.1, 0.15) is 5.69 Å². The molecule has 3 aromatic rings. The average molecular weight is 358 g/mol. The van der Waals surface area contributed by atoms with Crippen LogP contribution in [0.15, 0.2) is 30.5 Å². The largest absolute Gasteiger partial charge is 0.288 e. The van der Waals surface area contributed by atoms with Crippen molar-refractivity contribution in [2.24, 2.45) is 0 Å². The summed E-state index contributed by atoms with van der Waals surface area (Å²) < 4.78 is 28.9. The Labute approximate surface area is 147 Å². The molecule has 6 heteroatoms. The Morgan fingerprint density at radius 2 is 2.04 bits per heavy atom. The Hall–Kier alpha value is -2.34. The summed E-state index contributed by atoms with van der Waals surface area (Å²) >= 11 is 1.64. The van der Waals surface area contributed by atoms with Crippen molar-refractivity contribution in [3.05, 3.63) is 63.9 Å². The molecular formula is C19H16F2N2OS. The third-order valence-electron chi connectivity index (χ3n) is 4.50. The van der Waals surface area contributed by atoms with Gasteiger partial charge in [-0.25, -0.2) is 13.8 Å². The highest BCUT2D eigenvalue weighted by Crippen LogP contribution is 2.30. The summed E-state index contributed by atoms with van der Waals surface area (Å²) in [5.74, 6) is -2.14. The van der Waals surface area contributed by atoms with E-state index in [4.69, 9.17) is 0 Å². The molecule has 2 aromatic heterocycles. The van der Waals surface area contributed by atoms with E-state index in [-0.39, 0.29) is 11.3 Å². The molecule has 2 heterocycles. The van der Waals surface area contributed by atoms with E-state index >= 15 is 0 Å². The topological polar surface area (TPSA) is 34.4 Å². The van der Waals surface area contributed by atoms with E-state index < -0.39 is 11.6 Å². The van der Waals surface area contributed by atoms with Crippen molar-refractivity contribution in [2.75, 3.05) is 0 Å². The number of ketones is 1. The van der Waals surface area contributed by atoms with E-state index in [0.29, 0.717) is 5.69 Å². The molecule has 128 valence electrons. The first kappa shape index (κ1) is 16.1. The number of fused-ring (bicyclic) bond motifs is 3. The number of halogens is 2. The minimum absolute atomic E-state index is 0.0539. The average Bonchev–Trinajstić information content (AvgIpc) is 3.08. The lowest BCUT2D eigenvalue weighted by atomic mass is 10.1. The molecule has 0 saturated carbocycles. The van der Waals surface area contributed by atoms with E-state index in [1.54, 1.807) is 17.5 Å². The van der Waals surface area contributed by atoms with Gasteiger partial charge in [-0.1, -0.05) is 18.6 Å². The number of hydrogen-bond donors (Lipinski definition) is 0. The summed E-state index contributed by atoms with van der Waals surface area (Å²) in [6.45, 7) is 0. The Balaban J connectivity index is 1.69. The normalized spacial score (nSPS) is 14.8. The van der Waals surface area contributed by atoms with Crippen LogP contribution in [0.25, 0.3) is 11.0 Å². The first-order valence-electron chi connectivity index (χ1n) is 8.29. The van der Waals surface area contributed by atoms with Crippen molar-refractivity contribution in [1.82, 2.24) is 9.38 Å². The zero-order valence-corrected chi connectivity index (χ0v) is 14.3. The number of imidazole rings is 1. The van der Waals surface area contributed by atoms with E-state index in [1.165, 1.54) is 47.7 Å². The zero-order chi connectivity index (χ0) is 17.4. The van der Waals surface area contributed by atoms with E-state index in [2.05, 4.69) is 4.98 Å². The summed E-state index contributed by atoms with van der Waals surface area (Å²) in [6.07, 6.45) is 9.59. The van der Waals surface area contributed by atoms with Gasteiger partial charge in [0.25, 0.3) is 0 Å². The summed E-state index contributed by atoms with van der Waals surface area (Å²) in [7, 11) is 0. The monoisotopic (exact) mass is 358 g/mol. The smallest absolute Gasteiger partial charge is 0.204 e. The van der Waals surface area contributed by atoms with Crippen LogP contribution in [0.3, 0.4) is 0 Å². The van der Waals surface area contributed by atoms with Crippen molar-refractivity contribution >= 4 is 28.2 Å². The van der Waals surface area contributed by atoms with E-state index in [9.17, 15) is 13.6 Å². The number of carbonyl (C=O) groups is 1. The van der Waals surface area contributed by atoms with Crippen LogP contribution in [0.4, 0.5) is 8.78 Å². The maximum atomic E-state index is 13.7. The number of thiazole rings is 1. The number of carbonyl (C=O) groups excluding carboxylic acids is 1. The second-order valence-corrected chi connectivity index (χ2v) is 7.20. The molecule has 0 atom stereocenters. The standard InChI is InChI=1S/C19H16F2N2OS/c20-13-6-4-5-12(18(13)21)9-10-16(24)15-11-22-19-23(15)14-7-2-1-3-8-17(14)25-19/h4-6,9-11H,1-3,7-8H2. The lowest BCUT2D eigenvalue weighted by Gasteiger charge is -2.02. The number of rotatable bonds is 3. The Bertz CT molecular complexity index is 987. The number of hydrogen-bond acceptors (Lipinski definition) is 3. The van der Waals surface area contributed by atoms with Crippen molar-refractivity contribution in [1.29, 1.82) is 0 Å². The molecule has 0 bridgehead atoms. The van der Waals surface area contributed by atoms with Crippen LogP contribution in [0.1, 0.15) is 45.9 Å². The third kappa shape index (κ3) is 2.91. The molecule has 3 nitrogen and oxygen atoms in total. The highest BCUT2D eigenvalue weighted by molar-refractivity contribution is 7.17. The van der Waals surface area contributed by atoms with Gasteiger partial charge in [0.15, 0.2) is 16.6 Å². The Kier molecular flexibility index (Phi) is 4.21. The van der Waals surface area contributed by atoms with Crippen molar-refractivity contribution < 1.29 is 13.6 Å². The van der Waals surface area contributed by atoms with Gasteiger partial charge in [0.2, 0.25) is 5.78 Å². The van der Waals surface area contributed by atoms with Crippen molar-refractivity contribution in [2.45, 2.75) is 32.1 Å². The molecule has 0 fully saturated rings. The highest BCUT2D eigenvalue weighted by atomic mass is 32.1. The minimum Gasteiger partial charge on any atom is -0.288 e. The molecule has 25 heavy (non-hydrogen) atoms. The lowest BCUT2D eigenvalue weighted by molar-refractivity contribution is 0.104. The molecule has 0 saturated heterocycles. The summed E-state index contributed by atoms with van der Waals surface area (Å²) in [6, 6.07) is 3.90. The fraction of sp³-hybridized carbons (Fsp3) is 0.263. The van der Waals surface area contributed by atoms with Gasteiger partial charge in [-0.3, -0.25) is 9.20 Å². The van der Waals surface area contributed by atoms with Crippen LogP contribution in [0, 0.1) is 11.6 Å². The highest BCUT2D eigenvalue weighted by Gasteiger charge is 2.20. The second kappa shape index (κ2) is 6.52. The minimum atomic E-state index is -0.950. The molecule has 0 spiro atoms. The van der Waals surface area contributed by atoms with Gasteiger partial charge >= 0.3 is 0 Å². The summed E-state index contributed by atoms with van der Waals surface area (Å²) in [5.41, 5.74) is 1.70. The van der Waals surface area contributed by atoms with Crippen molar-refractivity contribution in [3.63, 3.8) is 0 Å². The van der Waals surface area contributed by atoms with Crippen molar-refractivity contribution in [3.8, 4) is 0 Å². The quantitative estimate of drug-likeness (QED) is 0.381. The van der Waals surface area contributed by atoms with E-state index in [1.807, 2.05) is 4.40 Å². The SMILES string of the molecule is O=C(C=Cc1cccc(F)c1F)c1cnc2sc3c(n12)CCCCC3. The molecule has 4 rings (SSSR count). The number of allylic oxidation sites excluding steroid dienone is 1. The van der Waals surface area contributed by atoms with Crippen LogP contribution < -0.4 is 0 Å². The van der Waals surface area contributed by atoms with Gasteiger partial charge in [-0.15, -0.1) is 11.3 Å². The lowest BCUT2D eigenvalue weighted by Crippen LogP contribution is -2.03. The molecule has 0 amide bonds. The van der Waals surface area contributed by atoms with Gasteiger partial charge in [0.05, 0.1) is 6.20 Å². The molecule has 0 aliphatic heterocycles. The van der Waals surface area contributed by atoms with Gasteiger partial charge in [-0.2, -0.15) is 0 Å². The molecule has 0 radical (unpaired) electrons. The predicted octanol–water partition coefficient (Wildman–Crippen LogP) is 4.84. The van der Waals surface area contributed by atoms with Crippen LogP contribution in [-0.2, 0) is 12.8 Å². The maximum Gasteiger partial charge on any atom is 0.204 e. The fourth-order valence-corrected chi connectivity index (χ4v) is 4.42. The Morgan fingerprint density at radius 1 is 1.20 bits per heavy atom. The maximum absolute atomic E-state index is 13.7. The molecular weight excluding hydrogens is 342 g/mol. The second-order valence-electron chi connectivity index (χ2n) is 6.13. The van der Waals surface area contributed by atoms with Gasteiger partial charge in [0, 0.05) is 16.1 Å². The molecule has 1 aromatic carbocycles. The summed E-state index contributed by atoms with van der Waals surface area (Å²) in [5, 5.41) is 0. The van der Waals surface area contributed by atoms with Crippen LogP contribution in [0.5, 0.6) is 0 Å². The molecule has 0 N–H and O–H groups in total. The van der Waals surface area contributed by atoms with Crippen LogP contribution in [-0.4, -0.2) is 15.2 Å². The summed E-state index contributed by atoms with van der Waals surface area (Å²) in [4.78, 5) is 19.1. The molecule has 0 unspecified atom stereocenters. The third-order valence-corrected chi connectivity index (χ3v) is 5.66. The number of nitrogens with zero attached hydrogens (tertiary/aromatic N) is 2. The molecule has 1 aliphatic rings. The number of aromatic nitrogens is 2. The first-order valence-corrected chi connectivity index (χ1v) is 9.11. The molecule has 1 aliphatic carbocycles.